The lowest BCUT2D eigenvalue weighted by Crippen LogP contribution is -2.30. The Morgan fingerprint density at radius 3 is 2.71 bits per heavy atom. The van der Waals surface area contributed by atoms with Crippen LogP contribution < -0.4 is 10.1 Å². The predicted octanol–water partition coefficient (Wildman–Crippen LogP) is 4.31. The van der Waals surface area contributed by atoms with Crippen molar-refractivity contribution in [1.82, 2.24) is 0 Å². The molecule has 0 heterocycles. The van der Waals surface area contributed by atoms with Crippen molar-refractivity contribution in [3.05, 3.63) is 59.1 Å². The number of aryl methyl sites for hydroxylation is 1. The number of benzene rings is 2. The molecule has 0 bridgehead atoms. The van der Waals surface area contributed by atoms with Gasteiger partial charge in [0.15, 0.2) is 6.10 Å². The number of hydrogen-bond acceptors (Lipinski definition) is 2. The van der Waals surface area contributed by atoms with E-state index in [4.69, 9.17) is 16.3 Å². The molecule has 1 unspecified atom stereocenters. The van der Waals surface area contributed by atoms with Crippen LogP contribution in [0.3, 0.4) is 0 Å². The monoisotopic (exact) mass is 303 g/mol. The summed E-state index contributed by atoms with van der Waals surface area (Å²) >= 11 is 5.89. The Labute approximate surface area is 129 Å². The molecule has 4 heteroatoms. The van der Waals surface area contributed by atoms with E-state index in [0.717, 1.165) is 12.1 Å². The number of hydrogen-bond donors (Lipinski definition) is 1. The van der Waals surface area contributed by atoms with Gasteiger partial charge in [0.2, 0.25) is 0 Å². The van der Waals surface area contributed by atoms with Gasteiger partial charge in [0, 0.05) is 10.7 Å². The highest BCUT2D eigenvalue weighted by Crippen LogP contribution is 2.19. The van der Waals surface area contributed by atoms with Gasteiger partial charge < -0.3 is 10.1 Å². The van der Waals surface area contributed by atoms with E-state index in [9.17, 15) is 4.79 Å². The molecule has 1 N–H and O–H groups in total. The topological polar surface area (TPSA) is 38.3 Å². The lowest BCUT2D eigenvalue weighted by atomic mass is 10.1. The molecule has 1 amide bonds. The van der Waals surface area contributed by atoms with E-state index in [-0.39, 0.29) is 5.91 Å². The van der Waals surface area contributed by atoms with Gasteiger partial charge in [-0.05, 0) is 49.2 Å². The summed E-state index contributed by atoms with van der Waals surface area (Å²) in [7, 11) is 0. The molecule has 1 atom stereocenters. The van der Waals surface area contributed by atoms with Crippen molar-refractivity contribution in [3.8, 4) is 5.75 Å². The fraction of sp³-hybridized carbons (Fsp3) is 0.235. The zero-order valence-electron chi connectivity index (χ0n) is 12.1. The van der Waals surface area contributed by atoms with Crippen molar-refractivity contribution in [2.45, 2.75) is 26.4 Å². The number of anilines is 1. The average molecular weight is 304 g/mol. The first-order valence-electron chi connectivity index (χ1n) is 6.90. The molecule has 0 aromatic heterocycles. The summed E-state index contributed by atoms with van der Waals surface area (Å²) in [6.45, 7) is 3.78. The SMILES string of the molecule is CCc1cccc(NC(=O)C(C)Oc2cccc(Cl)c2)c1. The lowest BCUT2D eigenvalue weighted by Gasteiger charge is -2.15. The highest BCUT2D eigenvalue weighted by molar-refractivity contribution is 6.30. The zero-order chi connectivity index (χ0) is 15.2. The molecule has 0 aliphatic rings. The van der Waals surface area contributed by atoms with Crippen LogP contribution in [0.2, 0.25) is 5.02 Å². The van der Waals surface area contributed by atoms with Crippen LogP contribution in [0.4, 0.5) is 5.69 Å². The van der Waals surface area contributed by atoms with Crippen LogP contribution in [0.15, 0.2) is 48.5 Å². The first-order chi connectivity index (χ1) is 10.1. The number of amides is 1. The summed E-state index contributed by atoms with van der Waals surface area (Å²) in [5.41, 5.74) is 1.96. The molecule has 0 aliphatic carbocycles. The maximum absolute atomic E-state index is 12.1. The minimum absolute atomic E-state index is 0.191. The van der Waals surface area contributed by atoms with Gasteiger partial charge >= 0.3 is 0 Å². The molecule has 3 nitrogen and oxygen atoms in total. The van der Waals surface area contributed by atoms with E-state index in [1.165, 1.54) is 5.56 Å². The first kappa shape index (κ1) is 15.4. The van der Waals surface area contributed by atoms with E-state index < -0.39 is 6.10 Å². The van der Waals surface area contributed by atoms with Crippen molar-refractivity contribution in [1.29, 1.82) is 0 Å². The van der Waals surface area contributed by atoms with Gasteiger partial charge in [-0.2, -0.15) is 0 Å². The van der Waals surface area contributed by atoms with Crippen molar-refractivity contribution in [2.75, 3.05) is 5.32 Å². The molecule has 2 rings (SSSR count). The Morgan fingerprint density at radius 2 is 2.00 bits per heavy atom. The molecule has 0 fully saturated rings. The van der Waals surface area contributed by atoms with Crippen LogP contribution in [0.1, 0.15) is 19.4 Å². The fourth-order valence-corrected chi connectivity index (χ4v) is 2.09. The summed E-state index contributed by atoms with van der Waals surface area (Å²) in [4.78, 5) is 12.1. The second kappa shape index (κ2) is 7.14. The molecule has 110 valence electrons. The second-order valence-corrected chi connectivity index (χ2v) is 5.20. The van der Waals surface area contributed by atoms with Crippen LogP contribution in [0.25, 0.3) is 0 Å². The molecule has 0 aliphatic heterocycles. The smallest absolute Gasteiger partial charge is 0.265 e. The molecule has 2 aromatic carbocycles. The normalized spacial score (nSPS) is 11.8. The van der Waals surface area contributed by atoms with Crippen molar-refractivity contribution in [3.63, 3.8) is 0 Å². The maximum Gasteiger partial charge on any atom is 0.265 e. The standard InChI is InChI=1S/C17H18ClNO2/c1-3-13-6-4-8-15(10-13)19-17(20)12(2)21-16-9-5-7-14(18)11-16/h4-12H,3H2,1-2H3,(H,19,20). The van der Waals surface area contributed by atoms with E-state index in [2.05, 4.69) is 12.2 Å². The van der Waals surface area contributed by atoms with Crippen molar-refractivity contribution >= 4 is 23.2 Å². The Kier molecular flexibility index (Phi) is 5.23. The highest BCUT2D eigenvalue weighted by Gasteiger charge is 2.15. The average Bonchev–Trinajstić information content (AvgIpc) is 2.47. The Bertz CT molecular complexity index is 628. The van der Waals surface area contributed by atoms with Gasteiger partial charge in [0.1, 0.15) is 5.75 Å². The molecule has 0 spiro atoms. The highest BCUT2D eigenvalue weighted by atomic mass is 35.5. The number of nitrogens with one attached hydrogen (secondary N) is 1. The van der Waals surface area contributed by atoms with Gasteiger partial charge in [-0.3, -0.25) is 4.79 Å². The molecule has 0 saturated carbocycles. The minimum Gasteiger partial charge on any atom is -0.481 e. The third kappa shape index (κ3) is 4.50. The third-order valence-electron chi connectivity index (χ3n) is 3.08. The van der Waals surface area contributed by atoms with Crippen molar-refractivity contribution in [2.24, 2.45) is 0 Å². The summed E-state index contributed by atoms with van der Waals surface area (Å²) in [5, 5.41) is 3.43. The van der Waals surface area contributed by atoms with Gasteiger partial charge in [-0.25, -0.2) is 0 Å². The van der Waals surface area contributed by atoms with Gasteiger partial charge in [-0.1, -0.05) is 36.7 Å². The summed E-state index contributed by atoms with van der Waals surface area (Å²) in [6, 6.07) is 14.8. The van der Waals surface area contributed by atoms with Crippen LogP contribution >= 0.6 is 11.6 Å². The lowest BCUT2D eigenvalue weighted by molar-refractivity contribution is -0.122. The summed E-state index contributed by atoms with van der Waals surface area (Å²) in [6.07, 6.45) is 0.326. The molecule has 2 aromatic rings. The predicted molar refractivity (Wildman–Crippen MR) is 86.0 cm³/mol. The molecular formula is C17H18ClNO2. The number of carbonyl (C=O) groups is 1. The van der Waals surface area contributed by atoms with Gasteiger partial charge in [-0.15, -0.1) is 0 Å². The van der Waals surface area contributed by atoms with E-state index in [1.807, 2.05) is 24.3 Å². The van der Waals surface area contributed by atoms with Gasteiger partial charge in [0.25, 0.3) is 5.91 Å². The quantitative estimate of drug-likeness (QED) is 0.894. The Morgan fingerprint density at radius 1 is 1.24 bits per heavy atom. The molecular weight excluding hydrogens is 286 g/mol. The van der Waals surface area contributed by atoms with Crippen LogP contribution in [-0.4, -0.2) is 12.0 Å². The largest absolute Gasteiger partial charge is 0.481 e. The minimum atomic E-state index is -0.603. The van der Waals surface area contributed by atoms with E-state index in [1.54, 1.807) is 31.2 Å². The number of carbonyl (C=O) groups excluding carboxylic acids is 1. The first-order valence-corrected chi connectivity index (χ1v) is 7.28. The Balaban J connectivity index is 1.99. The molecule has 0 radical (unpaired) electrons. The van der Waals surface area contributed by atoms with E-state index >= 15 is 0 Å². The Hall–Kier alpha value is -2.00. The molecule has 0 saturated heterocycles. The second-order valence-electron chi connectivity index (χ2n) is 4.76. The van der Waals surface area contributed by atoms with Crippen LogP contribution in [0, 0.1) is 0 Å². The fourth-order valence-electron chi connectivity index (χ4n) is 1.91. The zero-order valence-corrected chi connectivity index (χ0v) is 12.9. The maximum atomic E-state index is 12.1. The van der Waals surface area contributed by atoms with Gasteiger partial charge in [0.05, 0.1) is 0 Å². The number of halogens is 1. The van der Waals surface area contributed by atoms with Crippen LogP contribution in [-0.2, 0) is 11.2 Å². The summed E-state index contributed by atoms with van der Waals surface area (Å²) < 4.78 is 5.59. The van der Waals surface area contributed by atoms with Crippen LogP contribution in [0.5, 0.6) is 5.75 Å². The van der Waals surface area contributed by atoms with E-state index in [0.29, 0.717) is 10.8 Å². The van der Waals surface area contributed by atoms with Crippen molar-refractivity contribution < 1.29 is 9.53 Å². The third-order valence-corrected chi connectivity index (χ3v) is 3.32. The number of ether oxygens (including phenoxy) is 1. The number of rotatable bonds is 5. The summed E-state index contributed by atoms with van der Waals surface area (Å²) in [5.74, 6) is 0.385. The molecule has 21 heavy (non-hydrogen) atoms.